The minimum atomic E-state index is -0.129. The van der Waals surface area contributed by atoms with Crippen LogP contribution < -0.4 is 16.2 Å². The quantitative estimate of drug-likeness (QED) is 0.765. The normalized spacial score (nSPS) is 22.1. The fraction of sp³-hybridized carbons (Fsp3) is 0.368. The van der Waals surface area contributed by atoms with Gasteiger partial charge in [-0.05, 0) is 23.6 Å². The number of carbonyl (C=O) groups is 2. The third-order valence-electron chi connectivity index (χ3n) is 5.09. The summed E-state index contributed by atoms with van der Waals surface area (Å²) in [6.07, 6.45) is 0.812. The maximum atomic E-state index is 13.2. The summed E-state index contributed by atoms with van der Waals surface area (Å²) in [4.78, 5) is 28.9. The van der Waals surface area contributed by atoms with Gasteiger partial charge in [0.25, 0.3) is 5.91 Å². The molecule has 3 heterocycles. The fourth-order valence-corrected chi connectivity index (χ4v) is 4.80. The predicted octanol–water partition coefficient (Wildman–Crippen LogP) is 1.46. The van der Waals surface area contributed by atoms with Crippen LogP contribution in [0.3, 0.4) is 0 Å². The van der Waals surface area contributed by atoms with Gasteiger partial charge in [0.15, 0.2) is 0 Å². The Morgan fingerprint density at radius 2 is 2.08 bits per heavy atom. The van der Waals surface area contributed by atoms with Gasteiger partial charge in [0.1, 0.15) is 0 Å². The van der Waals surface area contributed by atoms with E-state index < -0.39 is 0 Å². The number of nitrogens with one attached hydrogen (secondary N) is 3. The summed E-state index contributed by atoms with van der Waals surface area (Å²) in [7, 11) is 1.64. The van der Waals surface area contributed by atoms with Crippen molar-refractivity contribution in [2.24, 2.45) is 5.92 Å². The summed E-state index contributed by atoms with van der Waals surface area (Å²) in [5.41, 5.74) is 8.60. The van der Waals surface area contributed by atoms with Crippen LogP contribution in [0, 0.1) is 5.92 Å². The van der Waals surface area contributed by atoms with Crippen molar-refractivity contribution in [3.05, 3.63) is 57.3 Å². The number of hydrogen-bond donors (Lipinski definition) is 3. The molecule has 2 aromatic rings. The first-order valence-corrected chi connectivity index (χ1v) is 9.65. The summed E-state index contributed by atoms with van der Waals surface area (Å²) in [5.74, 6) is -0.0266. The molecule has 2 aliphatic heterocycles. The second-order valence-electron chi connectivity index (χ2n) is 6.67. The van der Waals surface area contributed by atoms with Crippen LogP contribution in [-0.4, -0.2) is 36.9 Å². The molecule has 136 valence electrons. The maximum Gasteiger partial charge on any atom is 0.261 e. The molecule has 0 bridgehead atoms. The second kappa shape index (κ2) is 7.19. The van der Waals surface area contributed by atoms with Crippen molar-refractivity contribution < 1.29 is 9.59 Å². The second-order valence-corrected chi connectivity index (χ2v) is 7.80. The molecule has 0 saturated carbocycles. The topological polar surface area (TPSA) is 73.5 Å². The molecule has 26 heavy (non-hydrogen) atoms. The number of fused-ring (bicyclic) bond motifs is 1. The van der Waals surface area contributed by atoms with Gasteiger partial charge in [0, 0.05) is 31.6 Å². The lowest BCUT2D eigenvalue weighted by Crippen LogP contribution is -2.41. The molecule has 4 rings (SSSR count). The zero-order chi connectivity index (χ0) is 18.1. The fourth-order valence-electron chi connectivity index (χ4n) is 3.69. The summed E-state index contributed by atoms with van der Waals surface area (Å²) in [6, 6.07) is 12.0. The zero-order valence-corrected chi connectivity index (χ0v) is 15.4. The summed E-state index contributed by atoms with van der Waals surface area (Å²) < 4.78 is 0. The van der Waals surface area contributed by atoms with Crippen molar-refractivity contribution in [2.75, 3.05) is 20.1 Å². The molecule has 3 N–H and O–H groups in total. The molecule has 7 heteroatoms. The van der Waals surface area contributed by atoms with Gasteiger partial charge in [-0.3, -0.25) is 15.0 Å². The number of amides is 2. The van der Waals surface area contributed by atoms with Crippen molar-refractivity contribution in [2.45, 2.75) is 19.0 Å². The van der Waals surface area contributed by atoms with E-state index in [1.165, 1.54) is 16.2 Å². The van der Waals surface area contributed by atoms with Gasteiger partial charge >= 0.3 is 0 Å². The van der Waals surface area contributed by atoms with Crippen LogP contribution >= 0.6 is 11.3 Å². The maximum absolute atomic E-state index is 13.2. The number of rotatable bonds is 3. The SMILES string of the molecule is CNC(=O)c1cc2c(s1)CCN(C(=O)C1CNNC1c1ccccc1)C2. The molecule has 1 fully saturated rings. The first kappa shape index (κ1) is 17.2. The van der Waals surface area contributed by atoms with Crippen molar-refractivity contribution in [1.82, 2.24) is 21.1 Å². The van der Waals surface area contributed by atoms with Crippen LogP contribution in [0.4, 0.5) is 0 Å². The first-order valence-electron chi connectivity index (χ1n) is 8.83. The molecule has 6 nitrogen and oxygen atoms in total. The van der Waals surface area contributed by atoms with E-state index in [1.54, 1.807) is 7.05 Å². The number of benzene rings is 1. The van der Waals surface area contributed by atoms with Gasteiger partial charge in [-0.1, -0.05) is 30.3 Å². The molecule has 0 radical (unpaired) electrons. The Morgan fingerprint density at radius 3 is 2.85 bits per heavy atom. The standard InChI is InChI=1S/C19H22N4O2S/c1-20-18(24)16-9-13-11-23(8-7-15(13)26-16)19(25)14-10-21-22-17(14)12-5-3-2-4-6-12/h2-6,9,14,17,21-22H,7-8,10-11H2,1H3,(H,20,24). The summed E-state index contributed by atoms with van der Waals surface area (Å²) in [5, 5.41) is 2.67. The van der Waals surface area contributed by atoms with Crippen LogP contribution in [0.1, 0.15) is 31.7 Å². The number of carbonyl (C=O) groups excluding carboxylic acids is 2. The number of hydrogen-bond acceptors (Lipinski definition) is 5. The van der Waals surface area contributed by atoms with E-state index in [-0.39, 0.29) is 23.8 Å². The number of nitrogens with zero attached hydrogens (tertiary/aromatic N) is 1. The van der Waals surface area contributed by atoms with Crippen LogP contribution in [-0.2, 0) is 17.8 Å². The monoisotopic (exact) mass is 370 g/mol. The van der Waals surface area contributed by atoms with E-state index >= 15 is 0 Å². The van der Waals surface area contributed by atoms with E-state index in [0.29, 0.717) is 19.6 Å². The minimum Gasteiger partial charge on any atom is -0.354 e. The van der Waals surface area contributed by atoms with Crippen molar-refractivity contribution in [3.63, 3.8) is 0 Å². The van der Waals surface area contributed by atoms with Crippen LogP contribution in [0.2, 0.25) is 0 Å². The van der Waals surface area contributed by atoms with Crippen molar-refractivity contribution in [3.8, 4) is 0 Å². The molecule has 1 saturated heterocycles. The molecule has 0 spiro atoms. The van der Waals surface area contributed by atoms with Gasteiger partial charge < -0.3 is 10.2 Å². The Labute approximate surface area is 156 Å². The lowest BCUT2D eigenvalue weighted by atomic mass is 9.93. The molecular formula is C19H22N4O2S. The van der Waals surface area contributed by atoms with Crippen molar-refractivity contribution >= 4 is 23.2 Å². The van der Waals surface area contributed by atoms with E-state index in [1.807, 2.05) is 41.3 Å². The summed E-state index contributed by atoms with van der Waals surface area (Å²) in [6.45, 7) is 1.91. The average Bonchev–Trinajstić information content (AvgIpc) is 3.33. The zero-order valence-electron chi connectivity index (χ0n) is 14.6. The first-order chi connectivity index (χ1) is 12.7. The largest absolute Gasteiger partial charge is 0.354 e. The van der Waals surface area contributed by atoms with Gasteiger partial charge in [-0.15, -0.1) is 11.3 Å². The third-order valence-corrected chi connectivity index (χ3v) is 6.32. The molecule has 1 aromatic heterocycles. The molecule has 1 aromatic carbocycles. The smallest absolute Gasteiger partial charge is 0.261 e. The van der Waals surface area contributed by atoms with Crippen LogP contribution in [0.25, 0.3) is 0 Å². The van der Waals surface area contributed by atoms with E-state index in [0.717, 1.165) is 22.4 Å². The Balaban J connectivity index is 1.50. The highest BCUT2D eigenvalue weighted by atomic mass is 32.1. The van der Waals surface area contributed by atoms with Gasteiger partial charge in [-0.25, -0.2) is 5.43 Å². The van der Waals surface area contributed by atoms with E-state index in [9.17, 15) is 9.59 Å². The lowest BCUT2D eigenvalue weighted by Gasteiger charge is -2.30. The highest BCUT2D eigenvalue weighted by Crippen LogP contribution is 2.31. The lowest BCUT2D eigenvalue weighted by molar-refractivity contribution is -0.136. The Bertz CT molecular complexity index is 820. The average molecular weight is 370 g/mol. The van der Waals surface area contributed by atoms with Gasteiger partial charge in [0.05, 0.1) is 16.8 Å². The van der Waals surface area contributed by atoms with Crippen LogP contribution in [0.5, 0.6) is 0 Å². The molecular weight excluding hydrogens is 348 g/mol. The van der Waals surface area contributed by atoms with Crippen molar-refractivity contribution in [1.29, 1.82) is 0 Å². The van der Waals surface area contributed by atoms with Gasteiger partial charge in [0.2, 0.25) is 5.91 Å². The summed E-state index contributed by atoms with van der Waals surface area (Å²) >= 11 is 1.54. The molecule has 2 aliphatic rings. The Hall–Kier alpha value is -2.22. The van der Waals surface area contributed by atoms with E-state index in [4.69, 9.17) is 0 Å². The number of thiophene rings is 1. The van der Waals surface area contributed by atoms with E-state index in [2.05, 4.69) is 16.2 Å². The highest BCUT2D eigenvalue weighted by Gasteiger charge is 2.37. The van der Waals surface area contributed by atoms with Gasteiger partial charge in [-0.2, -0.15) is 0 Å². The molecule has 2 atom stereocenters. The third kappa shape index (κ3) is 3.13. The molecule has 2 amide bonds. The molecule has 2 unspecified atom stereocenters. The minimum absolute atomic E-state index is 0.0194. The van der Waals surface area contributed by atoms with Crippen LogP contribution in [0.15, 0.2) is 36.4 Å². The number of hydrazine groups is 1. The molecule has 0 aliphatic carbocycles. The Morgan fingerprint density at radius 1 is 1.27 bits per heavy atom. The predicted molar refractivity (Wildman–Crippen MR) is 101 cm³/mol. The Kier molecular flexibility index (Phi) is 4.76. The highest BCUT2D eigenvalue weighted by molar-refractivity contribution is 7.14.